The maximum Gasteiger partial charge on any atom is 0.267 e. The van der Waals surface area contributed by atoms with E-state index in [1.807, 2.05) is 11.4 Å². The van der Waals surface area contributed by atoms with Crippen LogP contribution in [0, 0.1) is 0 Å². The predicted octanol–water partition coefficient (Wildman–Crippen LogP) is 3.48. The minimum atomic E-state index is -0.182. The van der Waals surface area contributed by atoms with Gasteiger partial charge in [0.25, 0.3) is 5.91 Å². The molecule has 0 aliphatic rings. The number of nitrogens with one attached hydrogen (secondary N) is 2. The zero-order valence-electron chi connectivity index (χ0n) is 14.4. The van der Waals surface area contributed by atoms with Crippen molar-refractivity contribution in [3.05, 3.63) is 33.5 Å². The van der Waals surface area contributed by atoms with Gasteiger partial charge in [-0.05, 0) is 17.9 Å². The Bertz CT molecular complexity index is 665. The lowest BCUT2D eigenvalue weighted by atomic mass is 10.1. The first-order chi connectivity index (χ1) is 11.6. The summed E-state index contributed by atoms with van der Waals surface area (Å²) in [5.41, 5.74) is 6.33. The second kappa shape index (κ2) is 13.1. The van der Waals surface area contributed by atoms with E-state index >= 15 is 0 Å². The maximum atomic E-state index is 12.1. The third kappa shape index (κ3) is 8.01. The number of hydrogen-bond acceptors (Lipinski definition) is 6. The first-order valence-corrected chi connectivity index (χ1v) is 9.67. The number of carbonyl (C=O) groups is 2. The molecule has 4 N–H and O–H groups in total. The van der Waals surface area contributed by atoms with E-state index in [-0.39, 0.29) is 49.1 Å². The van der Waals surface area contributed by atoms with Crippen LogP contribution in [0.25, 0.3) is 0 Å². The smallest absolute Gasteiger partial charge is 0.267 e. The largest absolute Gasteiger partial charge is 0.352 e. The quantitative estimate of drug-likeness (QED) is 0.557. The molecule has 2 aromatic heterocycles. The lowest BCUT2D eigenvalue weighted by Crippen LogP contribution is -2.40. The number of halogens is 2. The first-order valence-electron chi connectivity index (χ1n) is 7.91. The molecule has 10 heteroatoms. The third-order valence-corrected chi connectivity index (χ3v) is 5.09. The fourth-order valence-electron chi connectivity index (χ4n) is 2.15. The van der Waals surface area contributed by atoms with Gasteiger partial charge in [-0.25, -0.2) is 4.98 Å². The molecular formula is C16H24Cl2N4O2S2. The van der Waals surface area contributed by atoms with E-state index in [9.17, 15) is 9.59 Å². The summed E-state index contributed by atoms with van der Waals surface area (Å²) in [6.07, 6.45) is 3.19. The van der Waals surface area contributed by atoms with E-state index in [1.54, 1.807) is 11.4 Å². The molecule has 0 saturated heterocycles. The molecule has 0 aromatic carbocycles. The number of hydrogen-bond donors (Lipinski definition) is 3. The van der Waals surface area contributed by atoms with Crippen LogP contribution in [-0.4, -0.2) is 29.4 Å². The van der Waals surface area contributed by atoms with Crippen molar-refractivity contribution < 1.29 is 9.59 Å². The number of carbonyl (C=O) groups excluding carboxylic acids is 2. The van der Waals surface area contributed by atoms with E-state index in [1.165, 1.54) is 22.7 Å². The number of thiophene rings is 1. The fraction of sp³-hybridized carbons (Fsp3) is 0.438. The number of thiazole rings is 1. The molecule has 2 heterocycles. The van der Waals surface area contributed by atoms with Gasteiger partial charge in [-0.15, -0.1) is 47.5 Å². The zero-order chi connectivity index (χ0) is 17.4. The van der Waals surface area contributed by atoms with Gasteiger partial charge >= 0.3 is 0 Å². The molecule has 1 unspecified atom stereocenters. The number of rotatable bonds is 9. The van der Waals surface area contributed by atoms with Gasteiger partial charge < -0.3 is 11.1 Å². The van der Waals surface area contributed by atoms with Crippen molar-refractivity contribution in [2.75, 3.05) is 11.9 Å². The SMILES string of the molecule is CCCCC(CN)NC(=O)Cc1csc(NC(=O)c2cccs2)n1.Cl.Cl. The van der Waals surface area contributed by atoms with Gasteiger partial charge in [0, 0.05) is 18.0 Å². The van der Waals surface area contributed by atoms with Crippen LogP contribution in [0.5, 0.6) is 0 Å². The highest BCUT2D eigenvalue weighted by atomic mass is 35.5. The van der Waals surface area contributed by atoms with Crippen LogP contribution in [0.4, 0.5) is 5.13 Å². The highest BCUT2D eigenvalue weighted by Gasteiger charge is 2.14. The Morgan fingerprint density at radius 2 is 2.08 bits per heavy atom. The Hall–Kier alpha value is -1.19. The maximum absolute atomic E-state index is 12.1. The Morgan fingerprint density at radius 1 is 1.31 bits per heavy atom. The molecule has 0 aliphatic carbocycles. The van der Waals surface area contributed by atoms with Gasteiger partial charge in [0.05, 0.1) is 17.0 Å². The molecular weight excluding hydrogens is 415 g/mol. The number of anilines is 1. The van der Waals surface area contributed by atoms with Gasteiger partial charge in [-0.3, -0.25) is 14.9 Å². The number of unbranched alkanes of at least 4 members (excludes halogenated alkanes) is 1. The Kier molecular flexibility index (Phi) is 12.5. The summed E-state index contributed by atoms with van der Waals surface area (Å²) >= 11 is 2.68. The Labute approximate surface area is 173 Å². The van der Waals surface area contributed by atoms with Gasteiger partial charge in [0.15, 0.2) is 5.13 Å². The molecule has 0 spiro atoms. The third-order valence-electron chi connectivity index (χ3n) is 3.41. The summed E-state index contributed by atoms with van der Waals surface area (Å²) in [6.45, 7) is 2.54. The van der Waals surface area contributed by atoms with Crippen LogP contribution in [0.1, 0.15) is 41.6 Å². The van der Waals surface area contributed by atoms with E-state index in [0.717, 1.165) is 19.3 Å². The van der Waals surface area contributed by atoms with Crippen LogP contribution in [0.15, 0.2) is 22.9 Å². The Balaban J connectivity index is 0.00000312. The van der Waals surface area contributed by atoms with E-state index < -0.39 is 0 Å². The minimum absolute atomic E-state index is 0. The lowest BCUT2D eigenvalue weighted by molar-refractivity contribution is -0.121. The second-order valence-corrected chi connectivity index (χ2v) is 7.20. The summed E-state index contributed by atoms with van der Waals surface area (Å²) in [5.74, 6) is -0.277. The van der Waals surface area contributed by atoms with Gasteiger partial charge in [0.2, 0.25) is 5.91 Å². The second-order valence-electron chi connectivity index (χ2n) is 5.39. The monoisotopic (exact) mass is 438 g/mol. The van der Waals surface area contributed by atoms with Crippen LogP contribution in [-0.2, 0) is 11.2 Å². The lowest BCUT2D eigenvalue weighted by Gasteiger charge is -2.15. The van der Waals surface area contributed by atoms with Crippen molar-refractivity contribution in [3.8, 4) is 0 Å². The molecule has 2 rings (SSSR count). The fourth-order valence-corrected chi connectivity index (χ4v) is 3.48. The van der Waals surface area contributed by atoms with Gasteiger partial charge in [-0.1, -0.05) is 25.8 Å². The summed E-state index contributed by atoms with van der Waals surface area (Å²) in [7, 11) is 0. The van der Waals surface area contributed by atoms with Crippen molar-refractivity contribution in [2.24, 2.45) is 5.73 Å². The van der Waals surface area contributed by atoms with Crippen LogP contribution >= 0.6 is 47.5 Å². The molecule has 0 aliphatic heterocycles. The molecule has 0 fully saturated rings. The van der Waals surface area contributed by atoms with Crippen molar-refractivity contribution in [3.63, 3.8) is 0 Å². The van der Waals surface area contributed by atoms with E-state index in [2.05, 4.69) is 22.5 Å². The average Bonchev–Trinajstić information content (AvgIpc) is 3.23. The van der Waals surface area contributed by atoms with Crippen molar-refractivity contribution in [1.82, 2.24) is 10.3 Å². The van der Waals surface area contributed by atoms with Gasteiger partial charge in [-0.2, -0.15) is 0 Å². The molecule has 2 amide bonds. The summed E-state index contributed by atoms with van der Waals surface area (Å²) in [5, 5.41) is 9.81. The van der Waals surface area contributed by atoms with Crippen molar-refractivity contribution >= 4 is 64.4 Å². The number of nitrogens with two attached hydrogens (primary N) is 1. The minimum Gasteiger partial charge on any atom is -0.352 e. The van der Waals surface area contributed by atoms with E-state index in [4.69, 9.17) is 5.73 Å². The highest BCUT2D eigenvalue weighted by Crippen LogP contribution is 2.18. The summed E-state index contributed by atoms with van der Waals surface area (Å²) in [6, 6.07) is 3.59. The molecule has 0 bridgehead atoms. The van der Waals surface area contributed by atoms with Gasteiger partial charge in [0.1, 0.15) is 0 Å². The molecule has 26 heavy (non-hydrogen) atoms. The van der Waals surface area contributed by atoms with E-state index in [0.29, 0.717) is 22.2 Å². The molecule has 0 saturated carbocycles. The molecule has 146 valence electrons. The molecule has 0 radical (unpaired) electrons. The topological polar surface area (TPSA) is 97.1 Å². The van der Waals surface area contributed by atoms with Crippen LogP contribution in [0.2, 0.25) is 0 Å². The number of amides is 2. The summed E-state index contributed by atoms with van der Waals surface area (Å²) in [4.78, 5) is 29.0. The summed E-state index contributed by atoms with van der Waals surface area (Å²) < 4.78 is 0. The standard InChI is InChI=1S/C16H22N4O2S2.2ClH/c1-2-3-5-11(9-17)18-14(21)8-12-10-24-16(19-12)20-15(22)13-6-4-7-23-13;;/h4,6-7,10-11H,2-3,5,8-9,17H2,1H3,(H,18,21)(H,19,20,22);2*1H. The number of nitrogens with zero attached hydrogens (tertiary/aromatic N) is 1. The molecule has 6 nitrogen and oxygen atoms in total. The predicted molar refractivity (Wildman–Crippen MR) is 113 cm³/mol. The van der Waals surface area contributed by atoms with Crippen LogP contribution in [0.3, 0.4) is 0 Å². The normalized spacial score (nSPS) is 11.0. The number of aromatic nitrogens is 1. The average molecular weight is 439 g/mol. The van der Waals surface area contributed by atoms with Crippen molar-refractivity contribution in [1.29, 1.82) is 0 Å². The highest BCUT2D eigenvalue weighted by molar-refractivity contribution is 7.14. The molecule has 2 aromatic rings. The Morgan fingerprint density at radius 3 is 2.69 bits per heavy atom. The molecule has 1 atom stereocenters. The van der Waals surface area contributed by atoms with Crippen molar-refractivity contribution in [2.45, 2.75) is 38.6 Å². The zero-order valence-corrected chi connectivity index (χ0v) is 17.7. The van der Waals surface area contributed by atoms with Crippen LogP contribution < -0.4 is 16.4 Å². The first kappa shape index (κ1) is 24.8.